The molecule has 0 spiro atoms. The van der Waals surface area contributed by atoms with E-state index in [0.29, 0.717) is 6.07 Å². The molecule has 0 fully saturated rings. The molecule has 0 radical (unpaired) electrons. The Morgan fingerprint density at radius 3 is 2.50 bits per heavy atom. The summed E-state index contributed by atoms with van der Waals surface area (Å²) in [5.74, 6) is -2.83. The first-order chi connectivity index (χ1) is 8.11. The van der Waals surface area contributed by atoms with Gasteiger partial charge in [-0.15, -0.1) is 13.2 Å². The summed E-state index contributed by atoms with van der Waals surface area (Å²) >= 11 is 1.25. The number of carbonyl (C=O) groups is 1. The van der Waals surface area contributed by atoms with Crippen molar-refractivity contribution in [1.29, 1.82) is 0 Å². The fourth-order valence-corrected chi connectivity index (χ4v) is 1.72. The number of nitro groups is 1. The van der Waals surface area contributed by atoms with E-state index in [1.807, 2.05) is 0 Å². The van der Waals surface area contributed by atoms with Gasteiger partial charge < -0.3 is 9.84 Å². The largest absolute Gasteiger partial charge is 0.574 e. The maximum Gasteiger partial charge on any atom is 0.574 e. The average Bonchev–Trinajstić information content (AvgIpc) is 2.12. The van der Waals surface area contributed by atoms with Gasteiger partial charge in [0.25, 0.3) is 0 Å². The molecule has 1 aromatic rings. The molecular formula is C7H2F3IN2O5. The zero-order chi connectivity index (χ0) is 14.1. The predicted molar refractivity (Wildman–Crippen MR) is 57.3 cm³/mol. The second kappa shape index (κ2) is 4.91. The number of carboxylic acid groups (broad SMARTS) is 1. The minimum atomic E-state index is -5.07. The van der Waals surface area contributed by atoms with Crippen molar-refractivity contribution in [3.05, 3.63) is 25.4 Å². The Hall–Kier alpha value is -1.66. The van der Waals surface area contributed by atoms with Crippen LogP contribution in [0.15, 0.2) is 6.07 Å². The number of hydrogen-bond acceptors (Lipinski definition) is 5. The van der Waals surface area contributed by atoms with Crippen molar-refractivity contribution < 1.29 is 32.7 Å². The van der Waals surface area contributed by atoms with Gasteiger partial charge in [-0.2, -0.15) is 4.98 Å². The molecule has 0 bridgehead atoms. The lowest BCUT2D eigenvalue weighted by Crippen LogP contribution is -2.19. The molecule has 0 aliphatic rings. The van der Waals surface area contributed by atoms with Crippen molar-refractivity contribution in [3.8, 4) is 5.88 Å². The summed E-state index contributed by atoms with van der Waals surface area (Å²) in [5.41, 5.74) is -1.82. The Kier molecular flexibility index (Phi) is 3.93. The zero-order valence-electron chi connectivity index (χ0n) is 8.06. The van der Waals surface area contributed by atoms with E-state index in [-0.39, 0.29) is 0 Å². The van der Waals surface area contributed by atoms with Crippen LogP contribution in [0.4, 0.5) is 18.9 Å². The Morgan fingerprint density at radius 1 is 1.56 bits per heavy atom. The first kappa shape index (κ1) is 14.4. The summed E-state index contributed by atoms with van der Waals surface area (Å²) < 4.78 is 38.6. The van der Waals surface area contributed by atoms with Crippen LogP contribution in [0.3, 0.4) is 0 Å². The monoisotopic (exact) mass is 378 g/mol. The number of nitrogens with zero attached hydrogens (tertiary/aromatic N) is 2. The van der Waals surface area contributed by atoms with Crippen molar-refractivity contribution in [1.82, 2.24) is 4.98 Å². The first-order valence-corrected chi connectivity index (χ1v) is 5.03. The second-order valence-corrected chi connectivity index (χ2v) is 3.78. The predicted octanol–water partition coefficient (Wildman–Crippen LogP) is 2.19. The van der Waals surface area contributed by atoms with E-state index in [4.69, 9.17) is 5.11 Å². The fraction of sp³-hybridized carbons (Fsp3) is 0.143. The summed E-state index contributed by atoms with van der Waals surface area (Å²) in [6.07, 6.45) is -5.07. The lowest BCUT2D eigenvalue weighted by Gasteiger charge is -2.09. The fourth-order valence-electron chi connectivity index (χ4n) is 0.992. The Morgan fingerprint density at radius 2 is 2.11 bits per heavy atom. The number of ether oxygens (including phenoxy) is 1. The van der Waals surface area contributed by atoms with Crippen molar-refractivity contribution in [2.24, 2.45) is 0 Å². The SMILES string of the molecule is O=C(O)c1cc(OC(F)(F)F)nc(I)c1[N+](=O)[O-]. The van der Waals surface area contributed by atoms with Gasteiger partial charge in [-0.3, -0.25) is 10.1 Å². The quantitative estimate of drug-likeness (QED) is 0.375. The Labute approximate surface area is 110 Å². The summed E-state index contributed by atoms with van der Waals surface area (Å²) in [6, 6.07) is 0.343. The van der Waals surface area contributed by atoms with Crippen LogP contribution >= 0.6 is 22.6 Å². The molecule has 0 aliphatic heterocycles. The molecule has 0 saturated heterocycles. The van der Waals surface area contributed by atoms with Gasteiger partial charge in [0, 0.05) is 6.07 Å². The van der Waals surface area contributed by atoms with Crippen molar-refractivity contribution in [2.45, 2.75) is 6.36 Å². The number of pyridine rings is 1. The molecule has 11 heteroatoms. The first-order valence-electron chi connectivity index (χ1n) is 3.96. The van der Waals surface area contributed by atoms with Crippen LogP contribution in [0.2, 0.25) is 0 Å². The number of rotatable bonds is 3. The Balaban J connectivity index is 3.37. The smallest absolute Gasteiger partial charge is 0.477 e. The van der Waals surface area contributed by atoms with Crippen LogP contribution in [-0.2, 0) is 0 Å². The van der Waals surface area contributed by atoms with Crippen LogP contribution in [0, 0.1) is 13.8 Å². The van der Waals surface area contributed by atoms with Crippen LogP contribution < -0.4 is 4.74 Å². The van der Waals surface area contributed by atoms with Crippen LogP contribution in [0.1, 0.15) is 10.4 Å². The highest BCUT2D eigenvalue weighted by atomic mass is 127. The van der Waals surface area contributed by atoms with Crippen molar-refractivity contribution in [3.63, 3.8) is 0 Å². The van der Waals surface area contributed by atoms with Gasteiger partial charge in [-0.1, -0.05) is 0 Å². The number of aromatic nitrogens is 1. The number of aromatic carboxylic acids is 1. The standard InChI is InChI=1S/C7H2F3IN2O5/c8-7(9,10)18-3-1-2(6(14)15)4(13(16)17)5(11)12-3/h1H,(H,14,15). The van der Waals surface area contributed by atoms with E-state index in [9.17, 15) is 28.1 Å². The van der Waals surface area contributed by atoms with Crippen LogP contribution in [-0.4, -0.2) is 27.3 Å². The third-order valence-corrected chi connectivity index (χ3v) is 2.31. The minimum absolute atomic E-state index is 0.343. The van der Waals surface area contributed by atoms with E-state index in [2.05, 4.69) is 9.72 Å². The van der Waals surface area contributed by atoms with Crippen LogP contribution in [0.25, 0.3) is 0 Å². The number of hydrogen-bond donors (Lipinski definition) is 1. The molecule has 0 aliphatic carbocycles. The molecule has 98 valence electrons. The summed E-state index contributed by atoms with van der Waals surface area (Å²) in [7, 11) is 0. The molecule has 1 heterocycles. The molecule has 18 heavy (non-hydrogen) atoms. The highest BCUT2D eigenvalue weighted by Crippen LogP contribution is 2.30. The van der Waals surface area contributed by atoms with Gasteiger partial charge in [0.1, 0.15) is 5.56 Å². The minimum Gasteiger partial charge on any atom is -0.477 e. The number of alkyl halides is 3. The van der Waals surface area contributed by atoms with E-state index >= 15 is 0 Å². The van der Waals surface area contributed by atoms with Gasteiger partial charge in [-0.05, 0) is 22.6 Å². The maximum absolute atomic E-state index is 11.9. The highest BCUT2D eigenvalue weighted by molar-refractivity contribution is 14.1. The maximum atomic E-state index is 11.9. The number of carboxylic acids is 1. The molecule has 1 aromatic heterocycles. The topological polar surface area (TPSA) is 103 Å². The summed E-state index contributed by atoms with van der Waals surface area (Å²) in [6.45, 7) is 0. The second-order valence-electron chi connectivity index (χ2n) is 2.76. The molecule has 7 nitrogen and oxygen atoms in total. The zero-order valence-corrected chi connectivity index (χ0v) is 10.2. The molecule has 0 atom stereocenters. The summed E-state index contributed by atoms with van der Waals surface area (Å²) in [4.78, 5) is 23.4. The van der Waals surface area contributed by atoms with Crippen molar-refractivity contribution >= 4 is 34.2 Å². The van der Waals surface area contributed by atoms with Crippen LogP contribution in [0.5, 0.6) is 5.88 Å². The summed E-state index contributed by atoms with van der Waals surface area (Å²) in [5, 5.41) is 19.3. The van der Waals surface area contributed by atoms with Gasteiger partial charge >= 0.3 is 18.0 Å². The third-order valence-electron chi connectivity index (χ3n) is 1.56. The van der Waals surface area contributed by atoms with Crippen molar-refractivity contribution in [2.75, 3.05) is 0 Å². The van der Waals surface area contributed by atoms with E-state index in [0.717, 1.165) is 0 Å². The third kappa shape index (κ3) is 3.41. The molecule has 0 amide bonds. The normalized spacial score (nSPS) is 11.1. The molecule has 0 aromatic carbocycles. The van der Waals surface area contributed by atoms with E-state index in [1.165, 1.54) is 22.6 Å². The lowest BCUT2D eigenvalue weighted by molar-refractivity contribution is -0.386. The van der Waals surface area contributed by atoms with Gasteiger partial charge in [0.05, 0.1) is 4.92 Å². The average molecular weight is 378 g/mol. The number of halogens is 4. The highest BCUT2D eigenvalue weighted by Gasteiger charge is 2.34. The molecule has 1 N–H and O–H groups in total. The molecular weight excluding hydrogens is 376 g/mol. The van der Waals surface area contributed by atoms with E-state index < -0.39 is 38.1 Å². The van der Waals surface area contributed by atoms with E-state index in [1.54, 1.807) is 0 Å². The molecule has 0 saturated carbocycles. The van der Waals surface area contributed by atoms with Gasteiger partial charge in [-0.25, -0.2) is 4.79 Å². The lowest BCUT2D eigenvalue weighted by atomic mass is 10.2. The Bertz CT molecular complexity index is 519. The molecule has 1 rings (SSSR count). The molecule has 0 unspecified atom stereocenters. The van der Waals surface area contributed by atoms with Gasteiger partial charge in [0.15, 0.2) is 3.70 Å². The van der Waals surface area contributed by atoms with Gasteiger partial charge in [0.2, 0.25) is 5.88 Å².